The van der Waals surface area contributed by atoms with Crippen LogP contribution in [0.5, 0.6) is 0 Å². The van der Waals surface area contributed by atoms with Gasteiger partial charge in [-0.05, 0) is 25.3 Å². The lowest BCUT2D eigenvalue weighted by Crippen LogP contribution is -2.16. The van der Waals surface area contributed by atoms with E-state index in [9.17, 15) is 25.3 Å². The van der Waals surface area contributed by atoms with E-state index in [0.29, 0.717) is 12.0 Å². The van der Waals surface area contributed by atoms with Crippen molar-refractivity contribution < 1.29 is 15.0 Å². The Labute approximate surface area is 103 Å². The van der Waals surface area contributed by atoms with Crippen LogP contribution in [0.15, 0.2) is 18.2 Å². The zero-order valence-electron chi connectivity index (χ0n) is 10.1. The molecule has 0 aliphatic heterocycles. The van der Waals surface area contributed by atoms with Crippen LogP contribution in [0, 0.1) is 26.1 Å². The second kappa shape index (κ2) is 5.54. The maximum atomic E-state index is 10.9. The summed E-state index contributed by atoms with van der Waals surface area (Å²) in [7, 11) is 0. The summed E-state index contributed by atoms with van der Waals surface area (Å²) in [6.45, 7) is 3.36. The molecule has 1 rings (SSSR count). The summed E-state index contributed by atoms with van der Waals surface area (Å²) < 4.78 is 0. The summed E-state index contributed by atoms with van der Waals surface area (Å²) in [4.78, 5) is 20.1. The molecule has 0 radical (unpaired) electrons. The highest BCUT2D eigenvalue weighted by Gasteiger charge is 2.21. The van der Waals surface area contributed by atoms with E-state index in [2.05, 4.69) is 0 Å². The second-order valence-corrected chi connectivity index (χ2v) is 4.25. The van der Waals surface area contributed by atoms with Crippen molar-refractivity contribution in [1.29, 1.82) is 0 Å². The number of hydrogen-bond donors (Lipinski definition) is 1. The van der Waals surface area contributed by atoms with Gasteiger partial charge in [0.25, 0.3) is 11.4 Å². The highest BCUT2D eigenvalue weighted by Crippen LogP contribution is 2.27. The molecule has 1 aromatic rings. The minimum Gasteiger partial charge on any atom is -0.393 e. The number of nitrogens with zero attached hydrogens (tertiary/aromatic N) is 2. The molecular weight excluding hydrogens is 240 g/mol. The molecule has 0 saturated carbocycles. The lowest BCUT2D eigenvalue weighted by atomic mass is 9.95. The molecule has 2 atom stereocenters. The Morgan fingerprint density at radius 3 is 2.28 bits per heavy atom. The van der Waals surface area contributed by atoms with E-state index in [1.165, 1.54) is 12.1 Å². The fourth-order valence-electron chi connectivity index (χ4n) is 1.53. The minimum atomic E-state index is -0.672. The normalized spacial score (nSPS) is 13.9. The van der Waals surface area contributed by atoms with Crippen molar-refractivity contribution in [3.05, 3.63) is 44.0 Å². The third-order valence-electron chi connectivity index (χ3n) is 2.84. The number of rotatable bonds is 5. The zero-order valence-corrected chi connectivity index (χ0v) is 10.1. The number of nitro benzene ring substituents is 2. The van der Waals surface area contributed by atoms with Gasteiger partial charge in [0, 0.05) is 11.6 Å². The predicted octanol–water partition coefficient (Wildman–Crippen LogP) is 2.06. The van der Waals surface area contributed by atoms with Crippen molar-refractivity contribution in [3.63, 3.8) is 0 Å². The molecule has 0 aliphatic carbocycles. The lowest BCUT2D eigenvalue weighted by molar-refractivity contribution is -0.394. The van der Waals surface area contributed by atoms with Gasteiger partial charge in [0.15, 0.2) is 0 Å². The first-order valence-corrected chi connectivity index (χ1v) is 5.42. The number of hydrogen-bond acceptors (Lipinski definition) is 5. The van der Waals surface area contributed by atoms with Crippen LogP contribution < -0.4 is 0 Å². The van der Waals surface area contributed by atoms with Crippen LogP contribution in [0.1, 0.15) is 19.4 Å². The van der Waals surface area contributed by atoms with Crippen LogP contribution in [0.2, 0.25) is 0 Å². The smallest absolute Gasteiger partial charge is 0.279 e. The topological polar surface area (TPSA) is 107 Å². The number of benzene rings is 1. The molecule has 0 heterocycles. The highest BCUT2D eigenvalue weighted by molar-refractivity contribution is 5.49. The summed E-state index contributed by atoms with van der Waals surface area (Å²) >= 11 is 0. The summed E-state index contributed by atoms with van der Waals surface area (Å²) in [5.41, 5.74) is -0.203. The second-order valence-electron chi connectivity index (χ2n) is 4.25. The zero-order chi connectivity index (χ0) is 13.9. The highest BCUT2D eigenvalue weighted by atomic mass is 16.6. The van der Waals surface area contributed by atoms with Crippen molar-refractivity contribution >= 4 is 11.4 Å². The van der Waals surface area contributed by atoms with Gasteiger partial charge in [-0.2, -0.15) is 0 Å². The van der Waals surface area contributed by atoms with Crippen molar-refractivity contribution in [2.24, 2.45) is 5.92 Å². The van der Waals surface area contributed by atoms with Crippen molar-refractivity contribution in [1.82, 2.24) is 0 Å². The molecule has 0 spiro atoms. The quantitative estimate of drug-likeness (QED) is 0.639. The fourth-order valence-corrected chi connectivity index (χ4v) is 1.53. The summed E-state index contributed by atoms with van der Waals surface area (Å²) in [5, 5.41) is 30.8. The molecule has 0 amide bonds. The van der Waals surface area contributed by atoms with E-state index in [-0.39, 0.29) is 17.3 Å². The van der Waals surface area contributed by atoms with Gasteiger partial charge in [0.1, 0.15) is 0 Å². The van der Waals surface area contributed by atoms with E-state index in [1.54, 1.807) is 13.8 Å². The Kier molecular flexibility index (Phi) is 4.33. The van der Waals surface area contributed by atoms with E-state index >= 15 is 0 Å². The Bertz CT molecular complexity index is 473. The molecule has 0 aromatic heterocycles. The molecule has 0 bridgehead atoms. The molecule has 1 N–H and O–H groups in total. The van der Waals surface area contributed by atoms with Crippen LogP contribution in [-0.2, 0) is 6.42 Å². The van der Waals surface area contributed by atoms with E-state index in [4.69, 9.17) is 0 Å². The first-order chi connectivity index (χ1) is 8.32. The van der Waals surface area contributed by atoms with E-state index in [0.717, 1.165) is 6.07 Å². The third-order valence-corrected chi connectivity index (χ3v) is 2.84. The number of non-ortho nitro benzene ring substituents is 1. The molecule has 0 fully saturated rings. The average Bonchev–Trinajstić information content (AvgIpc) is 2.28. The Morgan fingerprint density at radius 2 is 1.83 bits per heavy atom. The summed E-state index contributed by atoms with van der Waals surface area (Å²) in [6, 6.07) is 3.55. The van der Waals surface area contributed by atoms with E-state index in [1.807, 2.05) is 0 Å². The minimum absolute atomic E-state index is 0.162. The Hall–Kier alpha value is -2.02. The van der Waals surface area contributed by atoms with Crippen LogP contribution in [0.25, 0.3) is 0 Å². The number of nitro groups is 2. The van der Waals surface area contributed by atoms with Gasteiger partial charge in [-0.15, -0.1) is 0 Å². The van der Waals surface area contributed by atoms with Gasteiger partial charge in [-0.25, -0.2) is 0 Å². The Balaban J connectivity index is 3.12. The maximum Gasteiger partial charge on any atom is 0.279 e. The standard InChI is InChI=1S/C11H14N2O5/c1-7(8(2)14)5-9-3-4-10(12(15)16)6-11(9)13(17)18/h3-4,6-8,14H,5H2,1-2H3. The van der Waals surface area contributed by atoms with Gasteiger partial charge in [-0.1, -0.05) is 6.92 Å². The average molecular weight is 254 g/mol. The molecule has 0 aliphatic rings. The number of aliphatic hydroxyl groups is 1. The lowest BCUT2D eigenvalue weighted by Gasteiger charge is -2.14. The maximum absolute atomic E-state index is 10.9. The van der Waals surface area contributed by atoms with Gasteiger partial charge in [0.05, 0.1) is 22.0 Å². The van der Waals surface area contributed by atoms with Crippen LogP contribution in [0.4, 0.5) is 11.4 Å². The molecule has 98 valence electrons. The van der Waals surface area contributed by atoms with Crippen molar-refractivity contribution in [3.8, 4) is 0 Å². The fraction of sp³-hybridized carbons (Fsp3) is 0.455. The van der Waals surface area contributed by atoms with Crippen LogP contribution in [0.3, 0.4) is 0 Å². The molecule has 2 unspecified atom stereocenters. The monoisotopic (exact) mass is 254 g/mol. The van der Waals surface area contributed by atoms with Crippen LogP contribution >= 0.6 is 0 Å². The van der Waals surface area contributed by atoms with Crippen molar-refractivity contribution in [2.45, 2.75) is 26.4 Å². The molecular formula is C11H14N2O5. The van der Waals surface area contributed by atoms with Crippen molar-refractivity contribution in [2.75, 3.05) is 0 Å². The SMILES string of the molecule is CC(O)C(C)Cc1ccc([N+](=O)[O-])cc1[N+](=O)[O-]. The molecule has 0 saturated heterocycles. The first-order valence-electron chi connectivity index (χ1n) is 5.42. The van der Waals surface area contributed by atoms with Gasteiger partial charge >= 0.3 is 0 Å². The van der Waals surface area contributed by atoms with Gasteiger partial charge in [-0.3, -0.25) is 20.2 Å². The molecule has 7 nitrogen and oxygen atoms in total. The number of aliphatic hydroxyl groups excluding tert-OH is 1. The molecule has 1 aromatic carbocycles. The van der Waals surface area contributed by atoms with Gasteiger partial charge in [0.2, 0.25) is 0 Å². The largest absolute Gasteiger partial charge is 0.393 e. The third kappa shape index (κ3) is 3.24. The molecule has 18 heavy (non-hydrogen) atoms. The predicted molar refractivity (Wildman–Crippen MR) is 64.3 cm³/mol. The Morgan fingerprint density at radius 1 is 1.22 bits per heavy atom. The molecule has 7 heteroatoms. The van der Waals surface area contributed by atoms with Gasteiger partial charge < -0.3 is 5.11 Å². The summed E-state index contributed by atoms with van der Waals surface area (Å²) in [5.74, 6) is -0.162. The van der Waals surface area contributed by atoms with Crippen LogP contribution in [-0.4, -0.2) is 21.1 Å². The van der Waals surface area contributed by atoms with E-state index < -0.39 is 16.0 Å². The first kappa shape index (κ1) is 14.0. The summed E-state index contributed by atoms with van der Waals surface area (Å²) in [6.07, 6.45) is -0.300.